The van der Waals surface area contributed by atoms with Crippen LogP contribution in [0, 0.1) is 0 Å². The minimum atomic E-state index is -4.13. The Morgan fingerprint density at radius 3 is 2.33 bits per heavy atom. The molecule has 1 atom stereocenters. The maximum absolute atomic E-state index is 12.5. The lowest BCUT2D eigenvalue weighted by molar-refractivity contribution is -0.130. The second-order valence-corrected chi connectivity index (χ2v) is 6.97. The first-order chi connectivity index (χ1) is 9.84. The predicted molar refractivity (Wildman–Crippen MR) is 74.2 cm³/mol. The van der Waals surface area contributed by atoms with Gasteiger partial charge in [0.25, 0.3) is 5.91 Å². The van der Waals surface area contributed by atoms with E-state index >= 15 is 0 Å². The zero-order valence-electron chi connectivity index (χ0n) is 10.6. The van der Waals surface area contributed by atoms with Gasteiger partial charge in [0, 0.05) is 10.9 Å². The first-order valence-electron chi connectivity index (χ1n) is 5.70. The molecule has 1 rings (SSSR count). The average Bonchev–Trinajstić information content (AvgIpc) is 2.46. The third-order valence-corrected chi connectivity index (χ3v) is 5.80. The van der Waals surface area contributed by atoms with Crippen LogP contribution in [0.2, 0.25) is 0 Å². The Morgan fingerprint density at radius 2 is 1.81 bits per heavy atom. The fraction of sp³-hybridized carbons (Fsp3) is 0.273. The average molecular weight is 381 g/mol. The number of benzene rings is 1. The molecule has 0 bridgehead atoms. The number of nitrogens with one attached hydrogen (secondary N) is 2. The summed E-state index contributed by atoms with van der Waals surface area (Å²) in [5.41, 5.74) is 2.62. The van der Waals surface area contributed by atoms with Crippen molar-refractivity contribution in [2.24, 2.45) is 0 Å². The summed E-state index contributed by atoms with van der Waals surface area (Å²) in [5.74, 6) is -2.00. The molecule has 10 heteroatoms. The third kappa shape index (κ3) is 4.24. The SMILES string of the molecule is O=C(CCC(C(=O)NO)S(=O)(=O)c1ccccc1Br)NO. The molecule has 0 heterocycles. The van der Waals surface area contributed by atoms with Crippen LogP contribution >= 0.6 is 15.9 Å². The molecule has 0 aromatic heterocycles. The van der Waals surface area contributed by atoms with Crippen LogP contribution in [-0.2, 0) is 19.4 Å². The molecule has 0 saturated heterocycles. The van der Waals surface area contributed by atoms with Gasteiger partial charge in [0.2, 0.25) is 5.91 Å². The van der Waals surface area contributed by atoms with E-state index < -0.39 is 39.7 Å². The monoisotopic (exact) mass is 380 g/mol. The lowest BCUT2D eigenvalue weighted by Crippen LogP contribution is -2.39. The van der Waals surface area contributed by atoms with E-state index in [1.54, 1.807) is 6.07 Å². The lowest BCUT2D eigenvalue weighted by atomic mass is 10.2. The van der Waals surface area contributed by atoms with Gasteiger partial charge in [0.05, 0.1) is 4.90 Å². The normalized spacial score (nSPS) is 12.5. The molecule has 1 unspecified atom stereocenters. The number of hydrogen-bond acceptors (Lipinski definition) is 6. The van der Waals surface area contributed by atoms with Gasteiger partial charge >= 0.3 is 0 Å². The quantitative estimate of drug-likeness (QED) is 0.416. The highest BCUT2D eigenvalue weighted by atomic mass is 79.9. The van der Waals surface area contributed by atoms with Crippen molar-refractivity contribution >= 4 is 37.6 Å². The predicted octanol–water partition coefficient (Wildman–Crippen LogP) is 0.382. The van der Waals surface area contributed by atoms with Crippen LogP contribution in [-0.4, -0.2) is 35.9 Å². The van der Waals surface area contributed by atoms with Crippen molar-refractivity contribution < 1.29 is 28.4 Å². The molecule has 2 amide bonds. The highest BCUT2D eigenvalue weighted by Gasteiger charge is 2.35. The summed E-state index contributed by atoms with van der Waals surface area (Å²) >= 11 is 3.07. The van der Waals surface area contributed by atoms with E-state index in [-0.39, 0.29) is 9.37 Å². The van der Waals surface area contributed by atoms with Crippen LogP contribution in [0.5, 0.6) is 0 Å². The van der Waals surface area contributed by atoms with Gasteiger partial charge in [0.15, 0.2) is 9.84 Å². The Kier molecular flexibility index (Phi) is 6.27. The van der Waals surface area contributed by atoms with Crippen LogP contribution in [0.3, 0.4) is 0 Å². The molecule has 0 aliphatic rings. The molecule has 4 N–H and O–H groups in total. The van der Waals surface area contributed by atoms with Crippen LogP contribution in [0.1, 0.15) is 12.8 Å². The van der Waals surface area contributed by atoms with E-state index in [9.17, 15) is 18.0 Å². The van der Waals surface area contributed by atoms with Gasteiger partial charge in [0.1, 0.15) is 5.25 Å². The summed E-state index contributed by atoms with van der Waals surface area (Å²) in [7, 11) is -4.13. The van der Waals surface area contributed by atoms with E-state index in [0.29, 0.717) is 0 Å². The first-order valence-corrected chi connectivity index (χ1v) is 8.03. The Labute approximate surface area is 129 Å². The van der Waals surface area contributed by atoms with Crippen LogP contribution in [0.4, 0.5) is 0 Å². The zero-order chi connectivity index (χ0) is 16.0. The molecule has 1 aromatic rings. The van der Waals surface area contributed by atoms with Gasteiger partial charge in [-0.2, -0.15) is 0 Å². The molecule has 0 radical (unpaired) electrons. The number of halogens is 1. The van der Waals surface area contributed by atoms with Gasteiger partial charge in [-0.05, 0) is 34.5 Å². The minimum absolute atomic E-state index is 0.136. The van der Waals surface area contributed by atoms with E-state index in [2.05, 4.69) is 15.9 Å². The lowest BCUT2D eigenvalue weighted by Gasteiger charge is -2.16. The van der Waals surface area contributed by atoms with Gasteiger partial charge < -0.3 is 0 Å². The second-order valence-electron chi connectivity index (χ2n) is 4.01. The second kappa shape index (κ2) is 7.50. The number of carbonyl (C=O) groups excluding carboxylic acids is 2. The van der Waals surface area contributed by atoms with E-state index in [4.69, 9.17) is 10.4 Å². The van der Waals surface area contributed by atoms with Gasteiger partial charge in [-0.3, -0.25) is 20.0 Å². The zero-order valence-corrected chi connectivity index (χ0v) is 13.0. The van der Waals surface area contributed by atoms with Crippen LogP contribution < -0.4 is 11.0 Å². The fourth-order valence-electron chi connectivity index (χ4n) is 1.65. The van der Waals surface area contributed by atoms with Crippen LogP contribution in [0.15, 0.2) is 33.6 Å². The summed E-state index contributed by atoms with van der Waals surface area (Å²) in [4.78, 5) is 22.5. The highest BCUT2D eigenvalue weighted by molar-refractivity contribution is 9.10. The minimum Gasteiger partial charge on any atom is -0.289 e. The summed E-state index contributed by atoms with van der Waals surface area (Å²) in [6.45, 7) is 0. The molecule has 1 aromatic carbocycles. The Hall–Kier alpha value is -1.49. The summed E-state index contributed by atoms with van der Waals surface area (Å²) in [6.07, 6.45) is -0.805. The van der Waals surface area contributed by atoms with E-state index in [0.717, 1.165) is 0 Å². The summed E-state index contributed by atoms with van der Waals surface area (Å²) in [6, 6.07) is 5.86. The molecular weight excluding hydrogens is 368 g/mol. The van der Waals surface area contributed by atoms with Gasteiger partial charge in [-0.1, -0.05) is 12.1 Å². The van der Waals surface area contributed by atoms with Crippen molar-refractivity contribution in [1.29, 1.82) is 0 Å². The Morgan fingerprint density at radius 1 is 1.19 bits per heavy atom. The summed E-state index contributed by atoms with van der Waals surface area (Å²) in [5, 5.41) is 15.4. The molecule has 0 fully saturated rings. The smallest absolute Gasteiger partial charge is 0.262 e. The standard InChI is InChI=1S/C11H13BrN2O6S/c12-7-3-1-2-4-8(7)21(19,20)9(11(16)14-18)5-6-10(15)13-17/h1-4,9,17-18H,5-6H2,(H,13,15)(H,14,16). The molecular formula is C11H13BrN2O6S. The van der Waals surface area contributed by atoms with Gasteiger partial charge in [-0.25, -0.2) is 19.4 Å². The van der Waals surface area contributed by atoms with E-state index in [1.807, 2.05) is 0 Å². The van der Waals surface area contributed by atoms with Crippen molar-refractivity contribution in [3.8, 4) is 0 Å². The Balaban J connectivity index is 3.16. The molecule has 0 aliphatic carbocycles. The number of sulfone groups is 1. The fourth-order valence-corrected chi connectivity index (χ4v) is 4.28. The van der Waals surface area contributed by atoms with Crippen molar-refractivity contribution in [1.82, 2.24) is 11.0 Å². The van der Waals surface area contributed by atoms with Crippen molar-refractivity contribution in [2.45, 2.75) is 23.0 Å². The molecule has 0 aliphatic heterocycles. The summed E-state index contributed by atoms with van der Waals surface area (Å²) < 4.78 is 25.2. The molecule has 21 heavy (non-hydrogen) atoms. The molecule has 0 saturated carbocycles. The van der Waals surface area contributed by atoms with Crippen LogP contribution in [0.25, 0.3) is 0 Å². The number of hydrogen-bond donors (Lipinski definition) is 4. The third-order valence-electron chi connectivity index (χ3n) is 2.68. The topological polar surface area (TPSA) is 133 Å². The number of carbonyl (C=O) groups is 2. The largest absolute Gasteiger partial charge is 0.289 e. The first kappa shape index (κ1) is 17.6. The van der Waals surface area contributed by atoms with Crippen molar-refractivity contribution in [3.05, 3.63) is 28.7 Å². The van der Waals surface area contributed by atoms with E-state index in [1.165, 1.54) is 29.2 Å². The molecule has 116 valence electrons. The number of hydroxylamine groups is 2. The number of rotatable bonds is 6. The molecule has 8 nitrogen and oxygen atoms in total. The maximum atomic E-state index is 12.5. The highest BCUT2D eigenvalue weighted by Crippen LogP contribution is 2.27. The molecule has 0 spiro atoms. The number of amides is 2. The van der Waals surface area contributed by atoms with Crippen molar-refractivity contribution in [3.63, 3.8) is 0 Å². The van der Waals surface area contributed by atoms with Crippen molar-refractivity contribution in [2.75, 3.05) is 0 Å². The maximum Gasteiger partial charge on any atom is 0.262 e. The Bertz CT molecular complexity index is 633. The van der Waals surface area contributed by atoms with Gasteiger partial charge in [-0.15, -0.1) is 0 Å².